The lowest BCUT2D eigenvalue weighted by atomic mass is 10.1. The first-order valence-corrected chi connectivity index (χ1v) is 11.2. The van der Waals surface area contributed by atoms with Gasteiger partial charge in [-0.15, -0.1) is 0 Å². The second-order valence-corrected chi connectivity index (χ2v) is 7.59. The van der Waals surface area contributed by atoms with Gasteiger partial charge in [-0.05, 0) is 26.7 Å². The minimum absolute atomic E-state index is 0.185. The summed E-state index contributed by atoms with van der Waals surface area (Å²) in [5, 5.41) is 8.48. The van der Waals surface area contributed by atoms with Crippen molar-refractivity contribution >= 4 is 17.9 Å². The molecule has 6 heteroatoms. The maximum absolute atomic E-state index is 11.1. The Morgan fingerprint density at radius 3 is 1.74 bits per heavy atom. The second kappa shape index (κ2) is 20.9. The summed E-state index contributed by atoms with van der Waals surface area (Å²) in [5.41, 5.74) is 0.912. The van der Waals surface area contributed by atoms with Crippen LogP contribution in [0.3, 0.4) is 0 Å². The van der Waals surface area contributed by atoms with Gasteiger partial charge in [0.15, 0.2) is 0 Å². The van der Waals surface area contributed by atoms with Gasteiger partial charge in [-0.2, -0.15) is 0 Å². The zero-order valence-electron chi connectivity index (χ0n) is 20.0. The highest BCUT2D eigenvalue weighted by atomic mass is 16.5. The first-order valence-electron chi connectivity index (χ1n) is 11.2. The first kappa shape index (κ1) is 30.8. The first-order chi connectivity index (χ1) is 14.7. The van der Waals surface area contributed by atoms with Crippen molar-refractivity contribution in [1.29, 1.82) is 0 Å². The van der Waals surface area contributed by atoms with E-state index in [-0.39, 0.29) is 23.5 Å². The van der Waals surface area contributed by atoms with E-state index in [0.29, 0.717) is 12.2 Å². The molecule has 0 radical (unpaired) electrons. The van der Waals surface area contributed by atoms with Gasteiger partial charge in [-0.3, -0.25) is 0 Å². The van der Waals surface area contributed by atoms with Gasteiger partial charge in [-0.25, -0.2) is 14.4 Å². The fourth-order valence-electron chi connectivity index (χ4n) is 2.47. The zero-order chi connectivity index (χ0) is 24.1. The Hall–Kier alpha value is -2.37. The normalized spacial score (nSPS) is 10.5. The van der Waals surface area contributed by atoms with Crippen LogP contribution < -0.4 is 0 Å². The van der Waals surface area contributed by atoms with Crippen LogP contribution in [0.4, 0.5) is 0 Å². The lowest BCUT2D eigenvalue weighted by Gasteiger charge is -2.04. The van der Waals surface area contributed by atoms with Gasteiger partial charge >= 0.3 is 17.9 Å². The minimum atomic E-state index is -1.00. The molecular weight excluding hydrogens is 396 g/mol. The van der Waals surface area contributed by atoms with Crippen molar-refractivity contribution in [3.8, 4) is 0 Å². The standard InChI is InChI=1S/C16H30O2.C9H12O4/c1-4-5-6-7-8-9-10-11-12-13-14-18-16(17)15(2)3;1-6(8(10)11)4-5-7(2)9(12)13-3/h2,4-14H2,1,3H3;4H,2,5H2,1,3H3,(H,10,11). The van der Waals surface area contributed by atoms with Crippen LogP contribution in [0.5, 0.6) is 0 Å². The number of esters is 2. The Labute approximate surface area is 188 Å². The summed E-state index contributed by atoms with van der Waals surface area (Å²) in [7, 11) is 1.25. The summed E-state index contributed by atoms with van der Waals surface area (Å²) >= 11 is 0. The van der Waals surface area contributed by atoms with Gasteiger partial charge in [0, 0.05) is 16.7 Å². The number of allylic oxidation sites excluding steroid dienone is 1. The van der Waals surface area contributed by atoms with Gasteiger partial charge in [0.2, 0.25) is 0 Å². The molecule has 0 unspecified atom stereocenters. The van der Waals surface area contributed by atoms with Crippen LogP contribution in [0.2, 0.25) is 0 Å². The Balaban J connectivity index is 0. The number of carbonyl (C=O) groups excluding carboxylic acids is 2. The maximum atomic E-state index is 11.1. The molecule has 0 aromatic carbocycles. The Morgan fingerprint density at radius 1 is 0.839 bits per heavy atom. The highest BCUT2D eigenvalue weighted by Crippen LogP contribution is 2.10. The molecule has 0 spiro atoms. The van der Waals surface area contributed by atoms with Gasteiger partial charge in [-0.1, -0.05) is 83.9 Å². The Bertz CT molecular complexity index is 589. The van der Waals surface area contributed by atoms with Gasteiger partial charge in [0.1, 0.15) is 0 Å². The quantitative estimate of drug-likeness (QED) is 0.176. The molecule has 0 aromatic rings. The lowest BCUT2D eigenvalue weighted by Crippen LogP contribution is -2.05. The lowest BCUT2D eigenvalue weighted by molar-refractivity contribution is -0.139. The number of methoxy groups -OCH3 is 1. The molecule has 0 saturated heterocycles. The van der Waals surface area contributed by atoms with E-state index < -0.39 is 11.9 Å². The number of carboxylic acids is 1. The smallest absolute Gasteiger partial charge is 0.333 e. The molecular formula is C25H42O6. The SMILES string of the molecule is C=C(C)C(=O)OCCCCCCCCCCCC.C=C(CC=C(C)C(=O)O)C(=O)OC. The largest absolute Gasteiger partial charge is 0.478 e. The molecule has 0 fully saturated rings. The molecule has 0 amide bonds. The molecule has 0 heterocycles. The molecule has 0 bridgehead atoms. The third-order valence-electron chi connectivity index (χ3n) is 4.55. The Morgan fingerprint density at radius 2 is 1.32 bits per heavy atom. The van der Waals surface area contributed by atoms with E-state index in [2.05, 4.69) is 24.8 Å². The van der Waals surface area contributed by atoms with E-state index in [1.807, 2.05) is 0 Å². The number of ether oxygens (including phenoxy) is 2. The summed E-state index contributed by atoms with van der Waals surface area (Å²) in [4.78, 5) is 32.2. The van der Waals surface area contributed by atoms with E-state index in [0.717, 1.165) is 6.42 Å². The van der Waals surface area contributed by atoms with Crippen molar-refractivity contribution in [3.63, 3.8) is 0 Å². The number of carboxylic acid groups (broad SMARTS) is 1. The molecule has 0 atom stereocenters. The average Bonchev–Trinajstić information content (AvgIpc) is 2.74. The van der Waals surface area contributed by atoms with Crippen LogP contribution >= 0.6 is 0 Å². The molecule has 1 N–H and O–H groups in total. The number of carbonyl (C=O) groups is 3. The van der Waals surface area contributed by atoms with Crippen LogP contribution in [-0.2, 0) is 23.9 Å². The molecule has 178 valence electrons. The highest BCUT2D eigenvalue weighted by molar-refractivity contribution is 5.89. The summed E-state index contributed by atoms with van der Waals surface area (Å²) < 4.78 is 9.43. The minimum Gasteiger partial charge on any atom is -0.478 e. The van der Waals surface area contributed by atoms with E-state index in [1.54, 1.807) is 6.92 Å². The number of unbranched alkanes of at least 4 members (excludes halogenated alkanes) is 9. The molecule has 0 aromatic heterocycles. The van der Waals surface area contributed by atoms with Crippen molar-refractivity contribution < 1.29 is 29.0 Å². The zero-order valence-corrected chi connectivity index (χ0v) is 20.0. The third-order valence-corrected chi connectivity index (χ3v) is 4.55. The number of rotatable bonds is 16. The monoisotopic (exact) mass is 438 g/mol. The van der Waals surface area contributed by atoms with Crippen molar-refractivity contribution in [2.24, 2.45) is 0 Å². The second-order valence-electron chi connectivity index (χ2n) is 7.59. The van der Waals surface area contributed by atoms with Gasteiger partial charge in [0.05, 0.1) is 13.7 Å². The third kappa shape index (κ3) is 20.7. The molecule has 0 aliphatic rings. The molecule has 0 saturated carbocycles. The summed E-state index contributed by atoms with van der Waals surface area (Å²) in [6.07, 6.45) is 14.6. The van der Waals surface area contributed by atoms with E-state index >= 15 is 0 Å². The number of aliphatic carboxylic acids is 1. The van der Waals surface area contributed by atoms with E-state index in [4.69, 9.17) is 9.84 Å². The molecule has 31 heavy (non-hydrogen) atoms. The summed E-state index contributed by atoms with van der Waals surface area (Å²) in [5.74, 6) is -1.78. The van der Waals surface area contributed by atoms with Crippen LogP contribution in [0.25, 0.3) is 0 Å². The highest BCUT2D eigenvalue weighted by Gasteiger charge is 2.06. The molecule has 0 aliphatic heterocycles. The van der Waals surface area contributed by atoms with E-state index in [1.165, 1.54) is 77.9 Å². The number of hydrogen-bond donors (Lipinski definition) is 1. The summed E-state index contributed by atoms with van der Waals surface area (Å²) in [6.45, 7) is 12.9. The van der Waals surface area contributed by atoms with Crippen LogP contribution in [0.1, 0.15) is 91.4 Å². The van der Waals surface area contributed by atoms with Crippen molar-refractivity contribution in [1.82, 2.24) is 0 Å². The van der Waals surface area contributed by atoms with Crippen LogP contribution in [0, 0.1) is 0 Å². The van der Waals surface area contributed by atoms with Crippen molar-refractivity contribution in [2.45, 2.75) is 91.4 Å². The molecule has 0 aliphatic carbocycles. The van der Waals surface area contributed by atoms with Crippen molar-refractivity contribution in [3.05, 3.63) is 36.0 Å². The van der Waals surface area contributed by atoms with Crippen LogP contribution in [0.15, 0.2) is 36.0 Å². The molecule has 0 rings (SSSR count). The van der Waals surface area contributed by atoms with E-state index in [9.17, 15) is 14.4 Å². The van der Waals surface area contributed by atoms with Crippen molar-refractivity contribution in [2.75, 3.05) is 13.7 Å². The average molecular weight is 439 g/mol. The number of hydrogen-bond acceptors (Lipinski definition) is 5. The topological polar surface area (TPSA) is 89.9 Å². The van der Waals surface area contributed by atoms with Gasteiger partial charge in [0.25, 0.3) is 0 Å². The Kier molecular flexibility index (Phi) is 20.8. The predicted molar refractivity (Wildman–Crippen MR) is 125 cm³/mol. The van der Waals surface area contributed by atoms with Gasteiger partial charge < -0.3 is 14.6 Å². The van der Waals surface area contributed by atoms with Crippen LogP contribution in [-0.4, -0.2) is 36.7 Å². The molecule has 6 nitrogen and oxygen atoms in total. The summed E-state index contributed by atoms with van der Waals surface area (Å²) in [6, 6.07) is 0. The predicted octanol–water partition coefficient (Wildman–Crippen LogP) is 6.16. The maximum Gasteiger partial charge on any atom is 0.333 e. The fourth-order valence-corrected chi connectivity index (χ4v) is 2.47. The fraction of sp³-hybridized carbons (Fsp3) is 0.640.